The van der Waals surface area contributed by atoms with Gasteiger partial charge in [-0.1, -0.05) is 54.6 Å². The molecule has 29 heavy (non-hydrogen) atoms. The summed E-state index contributed by atoms with van der Waals surface area (Å²) in [6, 6.07) is 31.0. The third kappa shape index (κ3) is 4.88. The van der Waals surface area contributed by atoms with Crippen molar-refractivity contribution in [1.82, 2.24) is 0 Å². The Morgan fingerprint density at radius 3 is 2.17 bits per heavy atom. The molecule has 0 aliphatic heterocycles. The van der Waals surface area contributed by atoms with Crippen LogP contribution in [0.3, 0.4) is 0 Å². The van der Waals surface area contributed by atoms with Crippen molar-refractivity contribution in [2.75, 3.05) is 11.9 Å². The van der Waals surface area contributed by atoms with E-state index in [-0.39, 0.29) is 0 Å². The van der Waals surface area contributed by atoms with Crippen LogP contribution in [0.25, 0.3) is 10.8 Å². The molecule has 0 amide bonds. The van der Waals surface area contributed by atoms with Crippen molar-refractivity contribution < 1.29 is 9.47 Å². The quantitative estimate of drug-likeness (QED) is 0.380. The first kappa shape index (κ1) is 18.9. The van der Waals surface area contributed by atoms with Crippen molar-refractivity contribution in [3.8, 4) is 11.5 Å². The predicted octanol–water partition coefficient (Wildman–Crippen LogP) is 6.43. The van der Waals surface area contributed by atoms with Crippen LogP contribution in [0.15, 0.2) is 91.0 Å². The zero-order chi connectivity index (χ0) is 19.9. The van der Waals surface area contributed by atoms with Gasteiger partial charge in [0.15, 0.2) is 0 Å². The maximum atomic E-state index is 6.02. The van der Waals surface area contributed by atoms with Crippen molar-refractivity contribution in [2.45, 2.75) is 20.1 Å². The summed E-state index contributed by atoms with van der Waals surface area (Å²) in [7, 11) is 0. The predicted molar refractivity (Wildman–Crippen MR) is 120 cm³/mol. The molecule has 0 radical (unpaired) electrons. The molecule has 0 heterocycles. The maximum Gasteiger partial charge on any atom is 0.119 e. The van der Waals surface area contributed by atoms with Crippen LogP contribution in [0.2, 0.25) is 0 Å². The van der Waals surface area contributed by atoms with Crippen molar-refractivity contribution in [1.29, 1.82) is 0 Å². The van der Waals surface area contributed by atoms with E-state index in [0.29, 0.717) is 13.2 Å². The lowest BCUT2D eigenvalue weighted by molar-refractivity contribution is 0.307. The molecule has 4 rings (SSSR count). The minimum atomic E-state index is 0.561. The topological polar surface area (TPSA) is 30.5 Å². The third-order valence-corrected chi connectivity index (χ3v) is 4.86. The molecule has 4 aromatic carbocycles. The standard InChI is InChI=1S/C26H25NO2/c1-2-28-24-16-12-23(13-17-24)27-18-20-10-14-25(15-11-20)29-19-22-8-5-7-21-6-3-4-9-26(21)22/h3-17,27H,2,18-19H2,1H3. The van der Waals surface area contributed by atoms with E-state index in [1.165, 1.54) is 21.9 Å². The monoisotopic (exact) mass is 383 g/mol. The van der Waals surface area contributed by atoms with Gasteiger partial charge in [-0.3, -0.25) is 0 Å². The Kier molecular flexibility index (Phi) is 5.96. The van der Waals surface area contributed by atoms with Gasteiger partial charge in [-0.25, -0.2) is 0 Å². The summed E-state index contributed by atoms with van der Waals surface area (Å²) in [4.78, 5) is 0. The lowest BCUT2D eigenvalue weighted by Gasteiger charge is -2.11. The second kappa shape index (κ2) is 9.16. The highest BCUT2D eigenvalue weighted by molar-refractivity contribution is 5.85. The van der Waals surface area contributed by atoms with E-state index in [1.807, 2.05) is 43.3 Å². The van der Waals surface area contributed by atoms with Gasteiger partial charge in [0.1, 0.15) is 18.1 Å². The molecule has 0 fully saturated rings. The molecule has 0 saturated carbocycles. The first-order valence-electron chi connectivity index (χ1n) is 9.97. The fourth-order valence-electron chi connectivity index (χ4n) is 3.32. The molecule has 3 nitrogen and oxygen atoms in total. The van der Waals surface area contributed by atoms with E-state index in [0.717, 1.165) is 23.7 Å². The highest BCUT2D eigenvalue weighted by atomic mass is 16.5. The molecule has 0 spiro atoms. The van der Waals surface area contributed by atoms with E-state index in [2.05, 4.69) is 59.9 Å². The summed E-state index contributed by atoms with van der Waals surface area (Å²) in [6.45, 7) is 3.99. The highest BCUT2D eigenvalue weighted by Gasteiger charge is 2.02. The molecule has 146 valence electrons. The van der Waals surface area contributed by atoms with Crippen molar-refractivity contribution in [3.63, 3.8) is 0 Å². The Morgan fingerprint density at radius 2 is 1.38 bits per heavy atom. The van der Waals surface area contributed by atoms with Crippen LogP contribution >= 0.6 is 0 Å². The Hall–Kier alpha value is -3.46. The fourth-order valence-corrected chi connectivity index (χ4v) is 3.32. The Labute approximate surface area is 171 Å². The molecule has 0 saturated heterocycles. The number of ether oxygens (including phenoxy) is 2. The lowest BCUT2D eigenvalue weighted by Crippen LogP contribution is -2.00. The molecule has 0 aliphatic carbocycles. The van der Waals surface area contributed by atoms with Crippen molar-refractivity contribution in [2.24, 2.45) is 0 Å². The molecule has 0 bridgehead atoms. The zero-order valence-corrected chi connectivity index (χ0v) is 16.6. The second-order valence-electron chi connectivity index (χ2n) is 6.88. The van der Waals surface area contributed by atoms with E-state index in [4.69, 9.17) is 9.47 Å². The summed E-state index contributed by atoms with van der Waals surface area (Å²) in [5.74, 6) is 1.77. The SMILES string of the molecule is CCOc1ccc(NCc2ccc(OCc3cccc4ccccc34)cc2)cc1. The van der Waals surface area contributed by atoms with E-state index in [1.54, 1.807) is 0 Å². The summed E-state index contributed by atoms with van der Waals surface area (Å²) in [5.41, 5.74) is 3.48. The van der Waals surface area contributed by atoms with Crippen LogP contribution in [-0.2, 0) is 13.2 Å². The lowest BCUT2D eigenvalue weighted by atomic mass is 10.1. The Morgan fingerprint density at radius 1 is 0.690 bits per heavy atom. The number of hydrogen-bond acceptors (Lipinski definition) is 3. The summed E-state index contributed by atoms with van der Waals surface area (Å²) < 4.78 is 11.5. The number of rotatable bonds is 8. The van der Waals surface area contributed by atoms with Gasteiger partial charge in [-0.05, 0) is 65.2 Å². The van der Waals surface area contributed by atoms with Gasteiger partial charge in [-0.15, -0.1) is 0 Å². The van der Waals surface area contributed by atoms with Gasteiger partial charge in [0.2, 0.25) is 0 Å². The Balaban J connectivity index is 1.33. The first-order chi connectivity index (χ1) is 14.3. The zero-order valence-electron chi connectivity index (χ0n) is 16.6. The number of anilines is 1. The fraction of sp³-hybridized carbons (Fsp3) is 0.154. The average molecular weight is 383 g/mol. The maximum absolute atomic E-state index is 6.02. The molecule has 0 unspecified atom stereocenters. The Bertz CT molecular complexity index is 1050. The molecule has 3 heteroatoms. The molecule has 0 aromatic heterocycles. The first-order valence-corrected chi connectivity index (χ1v) is 9.97. The van der Waals surface area contributed by atoms with E-state index >= 15 is 0 Å². The number of fused-ring (bicyclic) bond motifs is 1. The van der Waals surface area contributed by atoms with Crippen LogP contribution in [0.1, 0.15) is 18.1 Å². The molecule has 0 atom stereocenters. The minimum absolute atomic E-state index is 0.561. The number of hydrogen-bond donors (Lipinski definition) is 1. The second-order valence-corrected chi connectivity index (χ2v) is 6.88. The number of benzene rings is 4. The number of nitrogens with one attached hydrogen (secondary N) is 1. The summed E-state index contributed by atoms with van der Waals surface area (Å²) >= 11 is 0. The smallest absolute Gasteiger partial charge is 0.119 e. The molecule has 4 aromatic rings. The summed E-state index contributed by atoms with van der Waals surface area (Å²) in [6.07, 6.45) is 0. The van der Waals surface area contributed by atoms with Gasteiger partial charge in [0, 0.05) is 12.2 Å². The van der Waals surface area contributed by atoms with Gasteiger partial charge in [0.05, 0.1) is 6.61 Å². The van der Waals surface area contributed by atoms with Gasteiger partial charge >= 0.3 is 0 Å². The van der Waals surface area contributed by atoms with Gasteiger partial charge in [-0.2, -0.15) is 0 Å². The van der Waals surface area contributed by atoms with Crippen LogP contribution < -0.4 is 14.8 Å². The van der Waals surface area contributed by atoms with Gasteiger partial charge in [0.25, 0.3) is 0 Å². The highest BCUT2D eigenvalue weighted by Crippen LogP contribution is 2.21. The van der Waals surface area contributed by atoms with E-state index in [9.17, 15) is 0 Å². The normalized spacial score (nSPS) is 10.7. The van der Waals surface area contributed by atoms with Crippen LogP contribution in [0.5, 0.6) is 11.5 Å². The third-order valence-electron chi connectivity index (χ3n) is 4.86. The van der Waals surface area contributed by atoms with Crippen LogP contribution in [-0.4, -0.2) is 6.61 Å². The van der Waals surface area contributed by atoms with Crippen molar-refractivity contribution >= 4 is 16.5 Å². The molecular formula is C26H25NO2. The molecule has 0 aliphatic rings. The van der Waals surface area contributed by atoms with E-state index < -0.39 is 0 Å². The summed E-state index contributed by atoms with van der Waals surface area (Å²) in [5, 5.41) is 5.91. The largest absolute Gasteiger partial charge is 0.494 e. The molecular weight excluding hydrogens is 358 g/mol. The van der Waals surface area contributed by atoms with Crippen LogP contribution in [0.4, 0.5) is 5.69 Å². The van der Waals surface area contributed by atoms with Crippen molar-refractivity contribution in [3.05, 3.63) is 102 Å². The van der Waals surface area contributed by atoms with Crippen LogP contribution in [0, 0.1) is 0 Å². The van der Waals surface area contributed by atoms with Gasteiger partial charge < -0.3 is 14.8 Å². The average Bonchev–Trinajstić information content (AvgIpc) is 2.78. The molecule has 1 N–H and O–H groups in total. The minimum Gasteiger partial charge on any atom is -0.494 e.